The Morgan fingerprint density at radius 3 is 2.73 bits per heavy atom. The van der Waals surface area contributed by atoms with Crippen LogP contribution in [0.15, 0.2) is 10.5 Å². The van der Waals surface area contributed by atoms with Crippen molar-refractivity contribution in [1.82, 2.24) is 9.97 Å². The third-order valence-corrected chi connectivity index (χ3v) is 5.53. The van der Waals surface area contributed by atoms with Gasteiger partial charge in [-0.2, -0.15) is 18.2 Å². The van der Waals surface area contributed by atoms with Crippen LogP contribution in [0.4, 0.5) is 27.8 Å². The molecule has 2 aliphatic rings. The topological polar surface area (TPSA) is 38.2 Å². The molecular weight excluding hydrogens is 449 g/mol. The van der Waals surface area contributed by atoms with E-state index in [-0.39, 0.29) is 41.8 Å². The lowest BCUT2D eigenvalue weighted by Gasteiger charge is -2.24. The van der Waals surface area contributed by atoms with Crippen molar-refractivity contribution in [1.29, 1.82) is 0 Å². The molecule has 3 atom stereocenters. The number of fused-ring (bicyclic) bond motifs is 2. The van der Waals surface area contributed by atoms with Gasteiger partial charge in [-0.05, 0) is 33.6 Å². The van der Waals surface area contributed by atoms with Gasteiger partial charge < -0.3 is 9.64 Å². The first-order valence-corrected chi connectivity index (χ1v) is 8.78. The molecule has 1 saturated heterocycles. The quantitative estimate of drug-likeness (QED) is 0.470. The molecule has 0 N–H and O–H groups in total. The molecule has 1 aromatic heterocycles. The van der Waals surface area contributed by atoms with E-state index in [0.717, 1.165) is 6.07 Å². The number of benzene rings is 1. The van der Waals surface area contributed by atoms with Crippen molar-refractivity contribution in [2.45, 2.75) is 18.4 Å². The number of aromatic nitrogens is 2. The van der Waals surface area contributed by atoms with E-state index < -0.39 is 40.2 Å². The first-order valence-electron chi connectivity index (χ1n) is 7.61. The van der Waals surface area contributed by atoms with Gasteiger partial charge in [0.25, 0.3) is 0 Å². The molecule has 0 amide bonds. The average molecular weight is 459 g/mol. The second-order valence-electron chi connectivity index (χ2n) is 6.13. The molecule has 1 aliphatic carbocycles. The van der Waals surface area contributed by atoms with Crippen LogP contribution in [0.5, 0.6) is 0 Å². The molecule has 1 aromatic carbocycles. The van der Waals surface area contributed by atoms with E-state index in [4.69, 9.17) is 16.3 Å². The number of ether oxygens (including phenoxy) is 1. The largest absolute Gasteiger partial charge is 0.417 e. The summed E-state index contributed by atoms with van der Waals surface area (Å²) >= 11 is 8.49. The number of rotatable bonds is 1. The Labute approximate surface area is 157 Å². The highest BCUT2D eigenvalue weighted by atomic mass is 79.9. The molecule has 2 aromatic rings. The third-order valence-electron chi connectivity index (χ3n) is 4.58. The fourth-order valence-corrected chi connectivity index (χ4v) is 3.97. The second kappa shape index (κ2) is 6.13. The SMILES string of the molecule is Fc1c(Br)c(C(F)(F)F)cc2c(N3CCOC[C@H]4[C@H](F)[C@H]43)nc(Cl)nc12. The normalized spacial score (nSPS) is 26.0. The summed E-state index contributed by atoms with van der Waals surface area (Å²) in [5.74, 6) is -1.63. The number of nitrogens with zero attached hydrogens (tertiary/aromatic N) is 3. The van der Waals surface area contributed by atoms with E-state index in [2.05, 4.69) is 25.9 Å². The summed E-state index contributed by atoms with van der Waals surface area (Å²) in [6.45, 7) is 0.657. The van der Waals surface area contributed by atoms with Gasteiger partial charge >= 0.3 is 6.18 Å². The number of hydrogen-bond donors (Lipinski definition) is 0. The van der Waals surface area contributed by atoms with Crippen LogP contribution >= 0.6 is 27.5 Å². The van der Waals surface area contributed by atoms with Crippen molar-refractivity contribution < 1.29 is 26.7 Å². The molecule has 0 radical (unpaired) electrons. The maximum absolute atomic E-state index is 14.6. The van der Waals surface area contributed by atoms with Gasteiger partial charge in [-0.1, -0.05) is 0 Å². The third kappa shape index (κ3) is 2.82. The van der Waals surface area contributed by atoms with Crippen molar-refractivity contribution in [3.05, 3.63) is 27.2 Å². The van der Waals surface area contributed by atoms with E-state index in [0.29, 0.717) is 0 Å². The van der Waals surface area contributed by atoms with Crippen LogP contribution in [-0.2, 0) is 10.9 Å². The zero-order chi connectivity index (χ0) is 18.8. The van der Waals surface area contributed by atoms with Crippen LogP contribution in [0.2, 0.25) is 5.28 Å². The number of halogens is 7. The van der Waals surface area contributed by atoms with Gasteiger partial charge in [0.1, 0.15) is 17.5 Å². The van der Waals surface area contributed by atoms with Crippen LogP contribution in [0, 0.1) is 11.7 Å². The van der Waals surface area contributed by atoms with Gasteiger partial charge in [0.05, 0.1) is 29.3 Å². The molecule has 2 heterocycles. The Bertz CT molecular complexity index is 896. The van der Waals surface area contributed by atoms with Crippen LogP contribution in [-0.4, -0.2) is 41.9 Å². The highest BCUT2D eigenvalue weighted by Gasteiger charge is 2.56. The van der Waals surface area contributed by atoms with Crippen molar-refractivity contribution in [2.75, 3.05) is 24.7 Å². The van der Waals surface area contributed by atoms with Crippen LogP contribution in [0.25, 0.3) is 10.9 Å². The Kier molecular flexibility index (Phi) is 4.27. The Morgan fingerprint density at radius 1 is 1.31 bits per heavy atom. The minimum absolute atomic E-state index is 0.0300. The molecular formula is C15H10BrClF5N3O. The van der Waals surface area contributed by atoms with Gasteiger partial charge in [0, 0.05) is 17.8 Å². The maximum Gasteiger partial charge on any atom is 0.417 e. The lowest BCUT2D eigenvalue weighted by Crippen LogP contribution is -2.31. The van der Waals surface area contributed by atoms with Gasteiger partial charge in [-0.15, -0.1) is 0 Å². The zero-order valence-electron chi connectivity index (χ0n) is 12.8. The highest BCUT2D eigenvalue weighted by Crippen LogP contribution is 2.46. The van der Waals surface area contributed by atoms with Crippen LogP contribution in [0.3, 0.4) is 0 Å². The Morgan fingerprint density at radius 2 is 2.04 bits per heavy atom. The average Bonchev–Trinajstić information content (AvgIpc) is 3.24. The molecule has 4 nitrogen and oxygen atoms in total. The van der Waals surface area contributed by atoms with E-state index in [9.17, 15) is 22.0 Å². The summed E-state index contributed by atoms with van der Waals surface area (Å²) in [5.41, 5.74) is -1.57. The number of hydrogen-bond acceptors (Lipinski definition) is 4. The molecule has 140 valence electrons. The van der Waals surface area contributed by atoms with Crippen LogP contribution in [0.1, 0.15) is 5.56 Å². The number of anilines is 1. The smallest absolute Gasteiger partial charge is 0.379 e. The van der Waals surface area contributed by atoms with Gasteiger partial charge in [0.2, 0.25) is 5.28 Å². The van der Waals surface area contributed by atoms with Crippen molar-refractivity contribution in [3.63, 3.8) is 0 Å². The van der Waals surface area contributed by atoms with Crippen molar-refractivity contribution in [2.24, 2.45) is 5.92 Å². The maximum atomic E-state index is 14.6. The fraction of sp³-hybridized carbons (Fsp3) is 0.467. The Hall–Kier alpha value is -1.26. The summed E-state index contributed by atoms with van der Waals surface area (Å²) in [6, 6.07) is 0.164. The van der Waals surface area contributed by atoms with E-state index in [1.807, 2.05) is 0 Å². The zero-order valence-corrected chi connectivity index (χ0v) is 15.2. The molecule has 1 saturated carbocycles. The number of alkyl halides is 4. The molecule has 26 heavy (non-hydrogen) atoms. The minimum atomic E-state index is -4.79. The van der Waals surface area contributed by atoms with E-state index in [1.54, 1.807) is 0 Å². The molecule has 2 fully saturated rings. The summed E-state index contributed by atoms with van der Waals surface area (Å²) in [5, 5.41) is -0.516. The van der Waals surface area contributed by atoms with Crippen molar-refractivity contribution in [3.8, 4) is 0 Å². The van der Waals surface area contributed by atoms with Gasteiger partial charge in [-0.25, -0.2) is 13.8 Å². The van der Waals surface area contributed by atoms with E-state index >= 15 is 0 Å². The predicted octanol–water partition coefficient (Wildman–Crippen LogP) is 4.38. The first-order chi connectivity index (χ1) is 12.2. The molecule has 0 unspecified atom stereocenters. The highest BCUT2D eigenvalue weighted by molar-refractivity contribution is 9.10. The van der Waals surface area contributed by atoms with Gasteiger partial charge in [-0.3, -0.25) is 0 Å². The fourth-order valence-electron chi connectivity index (χ4n) is 3.27. The van der Waals surface area contributed by atoms with Gasteiger partial charge in [0.15, 0.2) is 5.82 Å². The van der Waals surface area contributed by atoms with Crippen LogP contribution < -0.4 is 4.90 Å². The lowest BCUT2D eigenvalue weighted by molar-refractivity contribution is -0.138. The molecule has 1 aliphatic heterocycles. The molecule has 0 spiro atoms. The van der Waals surface area contributed by atoms with E-state index in [1.165, 1.54) is 4.90 Å². The lowest BCUT2D eigenvalue weighted by atomic mass is 10.1. The standard InChI is InChI=1S/C15H10BrClF5N3O/c16-8-7(15(20,21)22)3-5-11(10(8)19)23-14(17)24-13(5)25-1-2-26-4-6-9(18)12(6)25/h3,6,9,12H,1-2,4H2/t6-,9-,12-/m0/s1. The monoisotopic (exact) mass is 457 g/mol. The minimum Gasteiger partial charge on any atom is -0.379 e. The Balaban J connectivity index is 1.96. The summed E-state index contributed by atoms with van der Waals surface area (Å²) in [7, 11) is 0. The summed E-state index contributed by atoms with van der Waals surface area (Å²) < 4.78 is 73.0. The molecule has 11 heteroatoms. The predicted molar refractivity (Wildman–Crippen MR) is 87.5 cm³/mol. The van der Waals surface area contributed by atoms with Crippen molar-refractivity contribution >= 4 is 44.3 Å². The summed E-state index contributed by atoms with van der Waals surface area (Å²) in [4.78, 5) is 9.20. The second-order valence-corrected chi connectivity index (χ2v) is 7.26. The summed E-state index contributed by atoms with van der Waals surface area (Å²) in [6.07, 6.45) is -5.99. The molecule has 0 bridgehead atoms. The molecule has 4 rings (SSSR count). The first kappa shape index (κ1) is 18.1.